The van der Waals surface area contributed by atoms with Gasteiger partial charge in [-0.2, -0.15) is 0 Å². The summed E-state index contributed by atoms with van der Waals surface area (Å²) in [5.74, 6) is 0.412. The van der Waals surface area contributed by atoms with Gasteiger partial charge < -0.3 is 4.90 Å². The molecule has 0 radical (unpaired) electrons. The number of halogens is 1. The molecule has 0 bridgehead atoms. The molecular weight excluding hydrogens is 380 g/mol. The summed E-state index contributed by atoms with van der Waals surface area (Å²) in [5.41, 5.74) is 4.58. The summed E-state index contributed by atoms with van der Waals surface area (Å²) in [6.07, 6.45) is 5.47. The Balaban J connectivity index is 1.53. The van der Waals surface area contributed by atoms with Gasteiger partial charge in [-0.25, -0.2) is 0 Å². The largest absolute Gasteiger partial charge is 0.334 e. The Morgan fingerprint density at radius 1 is 1.00 bits per heavy atom. The van der Waals surface area contributed by atoms with Crippen LogP contribution in [0.3, 0.4) is 0 Å². The van der Waals surface area contributed by atoms with Gasteiger partial charge in [0.2, 0.25) is 5.91 Å². The molecule has 1 aliphatic carbocycles. The molecule has 1 amide bonds. The number of nitrogens with zero attached hydrogens (tertiary/aromatic N) is 2. The molecular formula is C25H25ClN2O. The molecule has 0 aliphatic heterocycles. The van der Waals surface area contributed by atoms with Gasteiger partial charge in [0.15, 0.2) is 0 Å². The zero-order valence-corrected chi connectivity index (χ0v) is 17.3. The normalized spacial score (nSPS) is 17.7. The van der Waals surface area contributed by atoms with E-state index in [4.69, 9.17) is 11.6 Å². The molecule has 3 aromatic rings. The summed E-state index contributed by atoms with van der Waals surface area (Å²) < 4.78 is 0. The van der Waals surface area contributed by atoms with Gasteiger partial charge in [0.1, 0.15) is 0 Å². The Morgan fingerprint density at radius 3 is 2.41 bits per heavy atom. The molecule has 29 heavy (non-hydrogen) atoms. The molecule has 1 aromatic heterocycles. The van der Waals surface area contributed by atoms with Gasteiger partial charge in [0, 0.05) is 36.4 Å². The highest BCUT2D eigenvalue weighted by Crippen LogP contribution is 2.50. The SMILES string of the molecule is CCc1ccc(CN(Cc2cccnc2)C(=O)C2CC2c2ccccc2Cl)cc1. The fourth-order valence-electron chi connectivity index (χ4n) is 3.85. The number of aryl methyl sites for hydroxylation is 1. The predicted molar refractivity (Wildman–Crippen MR) is 117 cm³/mol. The van der Waals surface area contributed by atoms with Crippen LogP contribution < -0.4 is 0 Å². The summed E-state index contributed by atoms with van der Waals surface area (Å²) in [6, 6.07) is 20.3. The van der Waals surface area contributed by atoms with E-state index in [1.807, 2.05) is 47.5 Å². The van der Waals surface area contributed by atoms with E-state index >= 15 is 0 Å². The smallest absolute Gasteiger partial charge is 0.226 e. The Kier molecular flexibility index (Phi) is 5.96. The van der Waals surface area contributed by atoms with Crippen molar-refractivity contribution in [2.45, 2.75) is 38.8 Å². The average molecular weight is 405 g/mol. The first kappa shape index (κ1) is 19.7. The van der Waals surface area contributed by atoms with Gasteiger partial charge in [0.25, 0.3) is 0 Å². The molecule has 2 aromatic carbocycles. The summed E-state index contributed by atoms with van der Waals surface area (Å²) >= 11 is 6.36. The zero-order valence-electron chi connectivity index (χ0n) is 16.6. The number of rotatable bonds is 7. The molecule has 1 aliphatic rings. The van der Waals surface area contributed by atoms with Gasteiger partial charge in [-0.15, -0.1) is 0 Å². The van der Waals surface area contributed by atoms with Gasteiger partial charge in [0.05, 0.1) is 0 Å². The maximum Gasteiger partial charge on any atom is 0.226 e. The van der Waals surface area contributed by atoms with Crippen molar-refractivity contribution in [3.05, 3.63) is 100 Å². The summed E-state index contributed by atoms with van der Waals surface area (Å²) in [4.78, 5) is 19.6. The van der Waals surface area contributed by atoms with Crippen molar-refractivity contribution in [2.24, 2.45) is 5.92 Å². The first-order chi connectivity index (χ1) is 14.2. The quantitative estimate of drug-likeness (QED) is 0.511. The van der Waals surface area contributed by atoms with Crippen LogP contribution in [0.25, 0.3) is 0 Å². The van der Waals surface area contributed by atoms with Crippen LogP contribution >= 0.6 is 11.6 Å². The minimum absolute atomic E-state index is 0.00138. The lowest BCUT2D eigenvalue weighted by Crippen LogP contribution is -2.31. The molecule has 0 spiro atoms. The Bertz CT molecular complexity index is 972. The molecule has 0 N–H and O–H groups in total. The van der Waals surface area contributed by atoms with Crippen LogP contribution in [-0.4, -0.2) is 15.8 Å². The second-order valence-corrected chi connectivity index (χ2v) is 8.10. The van der Waals surface area contributed by atoms with Gasteiger partial charge in [-0.1, -0.05) is 67.1 Å². The summed E-state index contributed by atoms with van der Waals surface area (Å²) in [6.45, 7) is 3.31. The van der Waals surface area contributed by atoms with E-state index in [0.29, 0.717) is 13.1 Å². The fraction of sp³-hybridized carbons (Fsp3) is 0.280. The molecule has 4 heteroatoms. The second-order valence-electron chi connectivity index (χ2n) is 7.70. The number of hydrogen-bond acceptors (Lipinski definition) is 2. The van der Waals surface area contributed by atoms with Crippen LogP contribution in [0.5, 0.6) is 0 Å². The highest BCUT2D eigenvalue weighted by atomic mass is 35.5. The van der Waals surface area contributed by atoms with Crippen LogP contribution in [0.4, 0.5) is 0 Å². The van der Waals surface area contributed by atoms with E-state index < -0.39 is 0 Å². The van der Waals surface area contributed by atoms with E-state index in [0.717, 1.165) is 34.6 Å². The standard InChI is InChI=1S/C25H25ClN2O/c1-2-18-9-11-19(12-10-18)16-28(17-20-6-5-13-27-15-20)25(29)23-14-22(23)21-7-3-4-8-24(21)26/h3-13,15,22-23H,2,14,16-17H2,1H3. The maximum absolute atomic E-state index is 13.4. The number of pyridine rings is 1. The first-order valence-corrected chi connectivity index (χ1v) is 10.5. The van der Waals surface area contributed by atoms with Crippen molar-refractivity contribution in [1.82, 2.24) is 9.88 Å². The van der Waals surface area contributed by atoms with Crippen molar-refractivity contribution in [2.75, 3.05) is 0 Å². The molecule has 1 fully saturated rings. The second kappa shape index (κ2) is 8.79. The van der Waals surface area contributed by atoms with Gasteiger partial charge in [-0.3, -0.25) is 9.78 Å². The third kappa shape index (κ3) is 4.68. The molecule has 0 saturated heterocycles. The topological polar surface area (TPSA) is 33.2 Å². The maximum atomic E-state index is 13.4. The van der Waals surface area contributed by atoms with Crippen LogP contribution in [-0.2, 0) is 24.3 Å². The fourth-order valence-corrected chi connectivity index (χ4v) is 4.12. The van der Waals surface area contributed by atoms with Crippen LogP contribution in [0.2, 0.25) is 5.02 Å². The third-order valence-electron chi connectivity index (χ3n) is 5.62. The lowest BCUT2D eigenvalue weighted by atomic mass is 10.1. The van der Waals surface area contributed by atoms with E-state index in [1.54, 1.807) is 6.20 Å². The number of carbonyl (C=O) groups excluding carboxylic acids is 1. The van der Waals surface area contributed by atoms with E-state index in [-0.39, 0.29) is 17.7 Å². The summed E-state index contributed by atoms with van der Waals surface area (Å²) in [7, 11) is 0. The molecule has 4 rings (SSSR count). The minimum atomic E-state index is 0.00138. The molecule has 1 saturated carbocycles. The van der Waals surface area contributed by atoms with Gasteiger partial charge in [-0.05, 0) is 53.1 Å². The van der Waals surface area contributed by atoms with Crippen molar-refractivity contribution in [3.8, 4) is 0 Å². The van der Waals surface area contributed by atoms with E-state index in [1.165, 1.54) is 5.56 Å². The molecule has 2 unspecified atom stereocenters. The van der Waals surface area contributed by atoms with Crippen molar-refractivity contribution in [1.29, 1.82) is 0 Å². The van der Waals surface area contributed by atoms with Crippen molar-refractivity contribution >= 4 is 17.5 Å². The number of hydrogen-bond donors (Lipinski definition) is 0. The highest BCUT2D eigenvalue weighted by molar-refractivity contribution is 6.31. The molecule has 148 valence electrons. The summed E-state index contributed by atoms with van der Waals surface area (Å²) in [5, 5.41) is 0.752. The minimum Gasteiger partial charge on any atom is -0.334 e. The first-order valence-electron chi connectivity index (χ1n) is 10.2. The van der Waals surface area contributed by atoms with Crippen LogP contribution in [0.1, 0.15) is 41.5 Å². The third-order valence-corrected chi connectivity index (χ3v) is 5.97. The van der Waals surface area contributed by atoms with E-state index in [2.05, 4.69) is 36.2 Å². The molecule has 1 heterocycles. The lowest BCUT2D eigenvalue weighted by Gasteiger charge is -2.23. The lowest BCUT2D eigenvalue weighted by molar-refractivity contribution is -0.134. The zero-order chi connectivity index (χ0) is 20.2. The number of carbonyl (C=O) groups is 1. The van der Waals surface area contributed by atoms with Crippen molar-refractivity contribution in [3.63, 3.8) is 0 Å². The Morgan fingerprint density at radius 2 is 1.72 bits per heavy atom. The Labute approximate surface area is 177 Å². The predicted octanol–water partition coefficient (Wildman–Crippen LogP) is 5.63. The highest BCUT2D eigenvalue weighted by Gasteiger charge is 2.46. The van der Waals surface area contributed by atoms with Crippen molar-refractivity contribution < 1.29 is 4.79 Å². The monoisotopic (exact) mass is 404 g/mol. The van der Waals surface area contributed by atoms with Crippen LogP contribution in [0, 0.1) is 5.92 Å². The number of amides is 1. The average Bonchev–Trinajstić information content (AvgIpc) is 3.55. The van der Waals surface area contributed by atoms with Gasteiger partial charge >= 0.3 is 0 Å². The van der Waals surface area contributed by atoms with Crippen LogP contribution in [0.15, 0.2) is 73.1 Å². The molecule has 3 nitrogen and oxygen atoms in total. The Hall–Kier alpha value is -2.65. The molecule has 2 atom stereocenters. The number of aromatic nitrogens is 1. The van der Waals surface area contributed by atoms with E-state index in [9.17, 15) is 4.79 Å². The number of benzene rings is 2.